The van der Waals surface area contributed by atoms with Crippen LogP contribution in [0.25, 0.3) is 22.2 Å². The van der Waals surface area contributed by atoms with Gasteiger partial charge in [-0.25, -0.2) is 4.79 Å². The van der Waals surface area contributed by atoms with Gasteiger partial charge in [0.1, 0.15) is 6.54 Å². The first-order chi connectivity index (χ1) is 12.7. The summed E-state index contributed by atoms with van der Waals surface area (Å²) < 4.78 is 6.46. The Morgan fingerprint density at radius 3 is 2.27 bits per heavy atom. The minimum atomic E-state index is -0.541. The molecule has 0 unspecified atom stereocenters. The van der Waals surface area contributed by atoms with Crippen LogP contribution < -0.4 is 11.1 Å². The van der Waals surface area contributed by atoms with Gasteiger partial charge >= 0.3 is 5.76 Å². The smallest absolute Gasteiger partial charge is 0.408 e. The van der Waals surface area contributed by atoms with Crippen molar-refractivity contribution in [1.29, 1.82) is 0 Å². The summed E-state index contributed by atoms with van der Waals surface area (Å²) in [5.41, 5.74) is 3.93. The van der Waals surface area contributed by atoms with Gasteiger partial charge in [-0.3, -0.25) is 9.36 Å². The van der Waals surface area contributed by atoms with E-state index in [2.05, 4.69) is 5.32 Å². The maximum Gasteiger partial charge on any atom is 0.420 e. The van der Waals surface area contributed by atoms with E-state index < -0.39 is 5.76 Å². The molecule has 0 radical (unpaired) electrons. The molecule has 5 nitrogen and oxygen atoms in total. The Morgan fingerprint density at radius 1 is 0.846 bits per heavy atom. The lowest BCUT2D eigenvalue weighted by atomic mass is 10.1. The molecule has 0 spiro atoms. The molecule has 0 saturated heterocycles. The van der Waals surface area contributed by atoms with Crippen LogP contribution in [0, 0.1) is 0 Å². The number of aromatic nitrogens is 1. The van der Waals surface area contributed by atoms with E-state index in [1.165, 1.54) is 4.57 Å². The molecule has 1 aromatic heterocycles. The molecular weight excluding hydrogens is 328 g/mol. The van der Waals surface area contributed by atoms with Gasteiger partial charge in [0.2, 0.25) is 5.91 Å². The highest BCUT2D eigenvalue weighted by Crippen LogP contribution is 2.21. The Kier molecular flexibility index (Phi) is 4.11. The lowest BCUT2D eigenvalue weighted by Gasteiger charge is -2.07. The number of anilines is 1. The fraction of sp³-hybridized carbons (Fsp3) is 0.0476. The number of amides is 1. The van der Waals surface area contributed by atoms with Crippen LogP contribution in [0.1, 0.15) is 0 Å². The molecule has 1 heterocycles. The number of oxazole rings is 1. The lowest BCUT2D eigenvalue weighted by Crippen LogP contribution is -2.24. The van der Waals surface area contributed by atoms with Crippen LogP contribution in [0.2, 0.25) is 0 Å². The topological polar surface area (TPSA) is 64.2 Å². The molecule has 0 fully saturated rings. The largest absolute Gasteiger partial charge is 0.420 e. The van der Waals surface area contributed by atoms with Crippen LogP contribution in [0.5, 0.6) is 0 Å². The Hall–Kier alpha value is -3.60. The second-order valence-corrected chi connectivity index (χ2v) is 5.91. The third-order valence-electron chi connectivity index (χ3n) is 4.15. The number of nitrogens with zero attached hydrogens (tertiary/aromatic N) is 1. The van der Waals surface area contributed by atoms with Gasteiger partial charge in [-0.05, 0) is 35.4 Å². The number of fused-ring (bicyclic) bond motifs is 1. The van der Waals surface area contributed by atoms with E-state index in [9.17, 15) is 9.59 Å². The summed E-state index contributed by atoms with van der Waals surface area (Å²) in [5.74, 6) is -0.827. The molecule has 0 atom stereocenters. The first-order valence-electron chi connectivity index (χ1n) is 8.24. The predicted molar refractivity (Wildman–Crippen MR) is 101 cm³/mol. The van der Waals surface area contributed by atoms with Gasteiger partial charge in [0.15, 0.2) is 5.58 Å². The monoisotopic (exact) mass is 344 g/mol. The van der Waals surface area contributed by atoms with E-state index in [4.69, 9.17) is 4.42 Å². The molecule has 128 valence electrons. The van der Waals surface area contributed by atoms with Crippen LogP contribution in [-0.4, -0.2) is 10.5 Å². The van der Waals surface area contributed by atoms with Crippen molar-refractivity contribution in [2.75, 3.05) is 5.32 Å². The zero-order valence-corrected chi connectivity index (χ0v) is 13.9. The predicted octanol–water partition coefficient (Wildman–Crippen LogP) is 3.90. The number of carbonyl (C=O) groups excluding carboxylic acids is 1. The minimum absolute atomic E-state index is 0.101. The molecular formula is C21H16N2O3. The molecule has 1 N–H and O–H groups in total. The maximum absolute atomic E-state index is 12.3. The van der Waals surface area contributed by atoms with Gasteiger partial charge in [0.05, 0.1) is 5.52 Å². The number of hydrogen-bond acceptors (Lipinski definition) is 3. The van der Waals surface area contributed by atoms with Crippen LogP contribution in [-0.2, 0) is 11.3 Å². The average molecular weight is 344 g/mol. The molecule has 4 aromatic rings. The molecule has 0 aliphatic carbocycles. The van der Waals surface area contributed by atoms with E-state index in [1.54, 1.807) is 24.3 Å². The summed E-state index contributed by atoms with van der Waals surface area (Å²) in [5, 5.41) is 2.81. The normalized spacial score (nSPS) is 10.8. The fourth-order valence-electron chi connectivity index (χ4n) is 2.88. The molecule has 1 amide bonds. The summed E-state index contributed by atoms with van der Waals surface area (Å²) in [6, 6.07) is 24.6. The van der Waals surface area contributed by atoms with Gasteiger partial charge in [-0.1, -0.05) is 54.6 Å². The number of nitrogens with one attached hydrogen (secondary N) is 1. The fourth-order valence-corrected chi connectivity index (χ4v) is 2.88. The van der Waals surface area contributed by atoms with Crippen molar-refractivity contribution >= 4 is 22.7 Å². The van der Waals surface area contributed by atoms with Crippen molar-refractivity contribution < 1.29 is 9.21 Å². The van der Waals surface area contributed by atoms with Crippen molar-refractivity contribution in [3.63, 3.8) is 0 Å². The summed E-state index contributed by atoms with van der Waals surface area (Å²) >= 11 is 0. The van der Waals surface area contributed by atoms with E-state index in [0.29, 0.717) is 16.8 Å². The Labute approximate surface area is 149 Å². The van der Waals surface area contributed by atoms with Crippen LogP contribution >= 0.6 is 0 Å². The highest BCUT2D eigenvalue weighted by Gasteiger charge is 2.12. The highest BCUT2D eigenvalue weighted by atomic mass is 16.4. The minimum Gasteiger partial charge on any atom is -0.408 e. The van der Waals surface area contributed by atoms with Crippen LogP contribution in [0.15, 0.2) is 88.1 Å². The second kappa shape index (κ2) is 6.72. The van der Waals surface area contributed by atoms with E-state index in [0.717, 1.165) is 11.1 Å². The van der Waals surface area contributed by atoms with Gasteiger partial charge in [-0.15, -0.1) is 0 Å². The molecule has 5 heteroatoms. The summed E-state index contributed by atoms with van der Waals surface area (Å²) in [6.07, 6.45) is 0. The molecule has 3 aromatic carbocycles. The highest BCUT2D eigenvalue weighted by molar-refractivity contribution is 5.91. The first-order valence-corrected chi connectivity index (χ1v) is 8.24. The van der Waals surface area contributed by atoms with Gasteiger partial charge in [0, 0.05) is 5.69 Å². The number of para-hydroxylation sites is 2. The third kappa shape index (κ3) is 3.15. The average Bonchev–Trinajstić information content (AvgIpc) is 2.98. The van der Waals surface area contributed by atoms with E-state index >= 15 is 0 Å². The van der Waals surface area contributed by atoms with Gasteiger partial charge in [0.25, 0.3) is 0 Å². The van der Waals surface area contributed by atoms with Crippen molar-refractivity contribution in [1.82, 2.24) is 4.57 Å². The molecule has 0 saturated carbocycles. The standard InChI is InChI=1S/C21H16N2O3/c24-20(14-23-18-8-4-5-9-19(18)26-21(23)25)22-17-12-10-16(11-13-17)15-6-2-1-3-7-15/h1-13H,14H2,(H,22,24). The Morgan fingerprint density at radius 2 is 1.50 bits per heavy atom. The van der Waals surface area contributed by atoms with Crippen molar-refractivity contribution in [2.24, 2.45) is 0 Å². The Bertz CT molecular complexity index is 1110. The quantitative estimate of drug-likeness (QED) is 0.611. The molecule has 4 rings (SSSR count). The molecule has 0 bridgehead atoms. The molecule has 0 aliphatic rings. The van der Waals surface area contributed by atoms with Gasteiger partial charge < -0.3 is 9.73 Å². The number of hydrogen-bond donors (Lipinski definition) is 1. The molecule has 26 heavy (non-hydrogen) atoms. The summed E-state index contributed by atoms with van der Waals surface area (Å²) in [7, 11) is 0. The SMILES string of the molecule is O=C(Cn1c(=O)oc2ccccc21)Nc1ccc(-c2ccccc2)cc1. The zero-order chi connectivity index (χ0) is 17.9. The Balaban J connectivity index is 1.50. The summed E-state index contributed by atoms with van der Waals surface area (Å²) in [4.78, 5) is 24.3. The van der Waals surface area contributed by atoms with Crippen LogP contribution in [0.3, 0.4) is 0 Å². The number of carbonyl (C=O) groups is 1. The zero-order valence-electron chi connectivity index (χ0n) is 13.9. The second-order valence-electron chi connectivity index (χ2n) is 5.91. The molecule has 0 aliphatic heterocycles. The van der Waals surface area contributed by atoms with E-state index in [-0.39, 0.29) is 12.5 Å². The van der Waals surface area contributed by atoms with Crippen LogP contribution in [0.4, 0.5) is 5.69 Å². The van der Waals surface area contributed by atoms with Gasteiger partial charge in [-0.2, -0.15) is 0 Å². The van der Waals surface area contributed by atoms with Crippen molar-refractivity contribution in [3.8, 4) is 11.1 Å². The first kappa shape index (κ1) is 15.9. The maximum atomic E-state index is 12.3. The summed E-state index contributed by atoms with van der Waals surface area (Å²) in [6.45, 7) is -0.101. The van der Waals surface area contributed by atoms with E-state index in [1.807, 2.05) is 54.6 Å². The van der Waals surface area contributed by atoms with Crippen molar-refractivity contribution in [2.45, 2.75) is 6.54 Å². The van der Waals surface area contributed by atoms with Crippen molar-refractivity contribution in [3.05, 3.63) is 89.4 Å². The number of benzene rings is 3. The number of rotatable bonds is 4. The third-order valence-corrected chi connectivity index (χ3v) is 4.15. The lowest BCUT2D eigenvalue weighted by molar-refractivity contribution is -0.116.